The molecule has 6 heteroatoms. The van der Waals surface area contributed by atoms with Crippen molar-refractivity contribution in [3.63, 3.8) is 0 Å². The summed E-state index contributed by atoms with van der Waals surface area (Å²) in [6, 6.07) is 11.2. The molecule has 2 aromatic rings. The van der Waals surface area contributed by atoms with Crippen LogP contribution in [0.5, 0.6) is 0 Å². The maximum atomic E-state index is 13.2. The second-order valence-corrected chi connectivity index (χ2v) is 5.61. The first-order valence-electron chi connectivity index (χ1n) is 7.77. The number of benzene rings is 2. The number of nitrogens with one attached hydrogen (secondary N) is 2. The number of hydrogen-bond donors (Lipinski definition) is 2. The van der Waals surface area contributed by atoms with E-state index in [4.69, 9.17) is 4.74 Å². The van der Waals surface area contributed by atoms with E-state index in [2.05, 4.69) is 10.6 Å². The molecule has 1 heterocycles. The number of morpholine rings is 1. The standard InChI is InChI=1S/C18H18F2N2O2/c19-14-5-1-12(2-6-14)17(13-3-7-15(20)8-4-13)22-18(23)16-11-21-9-10-24-16/h1-8,16-17,21H,9-11H2,(H,22,23). The lowest BCUT2D eigenvalue weighted by molar-refractivity contribution is -0.134. The first-order valence-corrected chi connectivity index (χ1v) is 7.77. The molecule has 0 bridgehead atoms. The summed E-state index contributed by atoms with van der Waals surface area (Å²) in [5.41, 5.74) is 1.42. The van der Waals surface area contributed by atoms with Gasteiger partial charge in [-0.1, -0.05) is 24.3 Å². The van der Waals surface area contributed by atoms with Gasteiger partial charge in [0.2, 0.25) is 0 Å². The number of hydrogen-bond acceptors (Lipinski definition) is 3. The summed E-state index contributed by atoms with van der Waals surface area (Å²) < 4.78 is 31.8. The zero-order valence-corrected chi connectivity index (χ0v) is 13.0. The third-order valence-electron chi connectivity index (χ3n) is 3.91. The van der Waals surface area contributed by atoms with Crippen molar-refractivity contribution in [3.05, 3.63) is 71.3 Å². The van der Waals surface area contributed by atoms with E-state index in [1.807, 2.05) is 0 Å². The Hall–Kier alpha value is -2.31. The van der Waals surface area contributed by atoms with Gasteiger partial charge in [-0.2, -0.15) is 0 Å². The van der Waals surface area contributed by atoms with E-state index in [0.717, 1.165) is 0 Å². The number of halogens is 2. The minimum atomic E-state index is -0.581. The third-order valence-corrected chi connectivity index (χ3v) is 3.91. The Morgan fingerprint density at radius 1 is 1.04 bits per heavy atom. The summed E-state index contributed by atoms with van der Waals surface area (Å²) in [7, 11) is 0. The molecule has 2 aromatic carbocycles. The molecular weight excluding hydrogens is 314 g/mol. The zero-order chi connectivity index (χ0) is 16.9. The van der Waals surface area contributed by atoms with E-state index < -0.39 is 12.1 Å². The average Bonchev–Trinajstić information content (AvgIpc) is 2.62. The van der Waals surface area contributed by atoms with E-state index in [-0.39, 0.29) is 17.5 Å². The predicted octanol–water partition coefficient (Wildman–Crippen LogP) is 2.16. The number of rotatable bonds is 4. The first kappa shape index (κ1) is 16.5. The summed E-state index contributed by atoms with van der Waals surface area (Å²) >= 11 is 0. The van der Waals surface area contributed by atoms with Crippen molar-refractivity contribution in [2.75, 3.05) is 19.7 Å². The fourth-order valence-electron chi connectivity index (χ4n) is 2.64. The lowest BCUT2D eigenvalue weighted by atomic mass is 9.98. The molecule has 1 aliphatic rings. The quantitative estimate of drug-likeness (QED) is 0.902. The van der Waals surface area contributed by atoms with Gasteiger partial charge in [0.15, 0.2) is 0 Å². The molecule has 0 saturated carbocycles. The van der Waals surface area contributed by atoms with Crippen molar-refractivity contribution < 1.29 is 18.3 Å². The highest BCUT2D eigenvalue weighted by Crippen LogP contribution is 2.23. The molecule has 1 aliphatic heterocycles. The highest BCUT2D eigenvalue weighted by Gasteiger charge is 2.25. The van der Waals surface area contributed by atoms with Crippen LogP contribution in [0.1, 0.15) is 17.2 Å². The van der Waals surface area contributed by atoms with E-state index in [1.165, 1.54) is 24.3 Å². The maximum absolute atomic E-state index is 13.2. The molecule has 126 valence electrons. The lowest BCUT2D eigenvalue weighted by Gasteiger charge is -2.26. The Labute approximate surface area is 138 Å². The summed E-state index contributed by atoms with van der Waals surface area (Å²) in [4.78, 5) is 12.5. The summed E-state index contributed by atoms with van der Waals surface area (Å²) in [5.74, 6) is -0.980. The van der Waals surface area contributed by atoms with Crippen LogP contribution in [0.2, 0.25) is 0 Å². The van der Waals surface area contributed by atoms with E-state index >= 15 is 0 Å². The molecule has 0 radical (unpaired) electrons. The minimum absolute atomic E-state index is 0.263. The minimum Gasteiger partial charge on any atom is -0.366 e. The molecule has 1 atom stereocenters. The highest BCUT2D eigenvalue weighted by atomic mass is 19.1. The Morgan fingerprint density at radius 3 is 2.04 bits per heavy atom. The Morgan fingerprint density at radius 2 is 1.58 bits per heavy atom. The smallest absolute Gasteiger partial charge is 0.251 e. The van der Waals surface area contributed by atoms with Crippen molar-refractivity contribution in [1.29, 1.82) is 0 Å². The second kappa shape index (κ2) is 7.51. The fraction of sp³-hybridized carbons (Fsp3) is 0.278. The molecule has 1 fully saturated rings. The molecule has 4 nitrogen and oxygen atoms in total. The normalized spacial score (nSPS) is 17.7. The molecule has 1 amide bonds. The van der Waals surface area contributed by atoms with Gasteiger partial charge >= 0.3 is 0 Å². The van der Waals surface area contributed by atoms with Crippen molar-refractivity contribution in [3.8, 4) is 0 Å². The van der Waals surface area contributed by atoms with E-state index in [0.29, 0.717) is 30.8 Å². The first-order chi connectivity index (χ1) is 11.6. The average molecular weight is 332 g/mol. The highest BCUT2D eigenvalue weighted by molar-refractivity contribution is 5.82. The second-order valence-electron chi connectivity index (χ2n) is 5.61. The van der Waals surface area contributed by atoms with Crippen molar-refractivity contribution >= 4 is 5.91 Å². The van der Waals surface area contributed by atoms with Crippen molar-refractivity contribution in [2.45, 2.75) is 12.1 Å². The van der Waals surface area contributed by atoms with Crippen LogP contribution in [0.25, 0.3) is 0 Å². The van der Waals surface area contributed by atoms with Crippen LogP contribution in [0.4, 0.5) is 8.78 Å². The molecule has 2 N–H and O–H groups in total. The Kier molecular flexibility index (Phi) is 5.17. The predicted molar refractivity (Wildman–Crippen MR) is 85.4 cm³/mol. The van der Waals surface area contributed by atoms with Crippen LogP contribution >= 0.6 is 0 Å². The number of amides is 1. The van der Waals surface area contributed by atoms with Crippen LogP contribution in [0, 0.1) is 11.6 Å². The molecular formula is C18H18F2N2O2. The van der Waals surface area contributed by atoms with Gasteiger partial charge in [0.05, 0.1) is 12.6 Å². The van der Waals surface area contributed by atoms with Gasteiger partial charge in [-0.3, -0.25) is 4.79 Å². The Bertz CT molecular complexity index is 638. The topological polar surface area (TPSA) is 50.4 Å². The van der Waals surface area contributed by atoms with Crippen LogP contribution in [-0.2, 0) is 9.53 Å². The third kappa shape index (κ3) is 3.96. The van der Waals surface area contributed by atoms with Crippen molar-refractivity contribution in [2.24, 2.45) is 0 Å². The fourth-order valence-corrected chi connectivity index (χ4v) is 2.64. The monoisotopic (exact) mass is 332 g/mol. The van der Waals surface area contributed by atoms with Gasteiger partial charge in [0, 0.05) is 13.1 Å². The van der Waals surface area contributed by atoms with E-state index in [9.17, 15) is 13.6 Å². The molecule has 0 aromatic heterocycles. The van der Waals surface area contributed by atoms with Crippen LogP contribution in [0.3, 0.4) is 0 Å². The largest absolute Gasteiger partial charge is 0.366 e. The number of carbonyl (C=O) groups excluding carboxylic acids is 1. The van der Waals surface area contributed by atoms with Gasteiger partial charge in [0.1, 0.15) is 17.7 Å². The SMILES string of the molecule is O=C(NC(c1ccc(F)cc1)c1ccc(F)cc1)C1CNCCO1. The van der Waals surface area contributed by atoms with Gasteiger partial charge in [-0.25, -0.2) is 8.78 Å². The number of carbonyl (C=O) groups is 1. The van der Waals surface area contributed by atoms with Gasteiger partial charge in [0.25, 0.3) is 5.91 Å². The van der Waals surface area contributed by atoms with Crippen LogP contribution in [0.15, 0.2) is 48.5 Å². The number of ether oxygens (including phenoxy) is 1. The lowest BCUT2D eigenvalue weighted by Crippen LogP contribution is -2.48. The van der Waals surface area contributed by atoms with Crippen molar-refractivity contribution in [1.82, 2.24) is 10.6 Å². The summed E-state index contributed by atoms with van der Waals surface area (Å²) in [6.07, 6.45) is -0.581. The summed E-state index contributed by atoms with van der Waals surface area (Å²) in [5, 5.41) is 6.01. The molecule has 0 spiro atoms. The van der Waals surface area contributed by atoms with Gasteiger partial charge < -0.3 is 15.4 Å². The van der Waals surface area contributed by atoms with Crippen LogP contribution in [-0.4, -0.2) is 31.7 Å². The molecule has 1 saturated heterocycles. The molecule has 0 aliphatic carbocycles. The summed E-state index contributed by atoms with van der Waals surface area (Å²) in [6.45, 7) is 1.62. The maximum Gasteiger partial charge on any atom is 0.251 e. The van der Waals surface area contributed by atoms with Crippen LogP contribution < -0.4 is 10.6 Å². The van der Waals surface area contributed by atoms with E-state index in [1.54, 1.807) is 24.3 Å². The van der Waals surface area contributed by atoms with Gasteiger partial charge in [-0.05, 0) is 35.4 Å². The Balaban J connectivity index is 1.85. The van der Waals surface area contributed by atoms with Gasteiger partial charge in [-0.15, -0.1) is 0 Å². The zero-order valence-electron chi connectivity index (χ0n) is 13.0. The molecule has 3 rings (SSSR count). The molecule has 1 unspecified atom stereocenters. The molecule has 24 heavy (non-hydrogen) atoms.